The van der Waals surface area contributed by atoms with Crippen molar-refractivity contribution in [3.8, 4) is 0 Å². The second kappa shape index (κ2) is 9.35. The number of halogens is 2. The molecule has 5 aliphatic rings. The number of benzene rings is 2. The lowest BCUT2D eigenvalue weighted by atomic mass is 9.53. The van der Waals surface area contributed by atoms with Crippen molar-refractivity contribution >= 4 is 5.97 Å². The van der Waals surface area contributed by atoms with Gasteiger partial charge in [0.15, 0.2) is 0 Å². The van der Waals surface area contributed by atoms with Crippen molar-refractivity contribution in [2.24, 2.45) is 23.2 Å². The minimum Gasteiger partial charge on any atom is -0.462 e. The molecule has 5 nitrogen and oxygen atoms in total. The molecular weight excluding hydrogens is 498 g/mol. The Hall–Kier alpha value is -2.35. The largest absolute Gasteiger partial charge is 0.462 e. The van der Waals surface area contributed by atoms with Gasteiger partial charge in [0.1, 0.15) is 23.3 Å². The lowest BCUT2D eigenvalue weighted by Gasteiger charge is -2.49. The van der Waals surface area contributed by atoms with E-state index in [0.717, 1.165) is 50.1 Å². The third-order valence-electron chi connectivity index (χ3n) is 10.8. The number of hydrogen-bond donors (Lipinski definition) is 0. The number of carbonyl (C=O) groups is 1. The van der Waals surface area contributed by atoms with Crippen LogP contribution in [-0.2, 0) is 14.3 Å². The number of hydrogen-bond acceptors (Lipinski definition) is 5. The van der Waals surface area contributed by atoms with Crippen LogP contribution in [0.25, 0.3) is 0 Å². The van der Waals surface area contributed by atoms with Gasteiger partial charge in [-0.05, 0) is 60.6 Å². The zero-order valence-corrected chi connectivity index (χ0v) is 22.8. The molecule has 3 heterocycles. The van der Waals surface area contributed by atoms with Crippen LogP contribution in [-0.4, -0.2) is 66.3 Å². The van der Waals surface area contributed by atoms with E-state index in [2.05, 4.69) is 23.6 Å². The van der Waals surface area contributed by atoms with E-state index in [1.807, 2.05) is 24.3 Å². The first-order valence-electron chi connectivity index (χ1n) is 14.6. The van der Waals surface area contributed by atoms with E-state index >= 15 is 0 Å². The van der Waals surface area contributed by atoms with E-state index in [1.54, 1.807) is 0 Å². The summed E-state index contributed by atoms with van der Waals surface area (Å²) in [5.74, 6) is -0.0594. The Morgan fingerprint density at radius 3 is 2.21 bits per heavy atom. The molecule has 39 heavy (non-hydrogen) atoms. The van der Waals surface area contributed by atoms with Crippen molar-refractivity contribution in [3.05, 3.63) is 71.3 Å². The first-order valence-corrected chi connectivity index (χ1v) is 14.6. The number of esters is 1. The highest BCUT2D eigenvalue weighted by Crippen LogP contribution is 2.70. The maximum Gasteiger partial charge on any atom is 0.311 e. The fourth-order valence-corrected chi connectivity index (χ4v) is 8.83. The minimum absolute atomic E-state index is 0.0268. The smallest absolute Gasteiger partial charge is 0.311 e. The molecule has 2 aromatic rings. The summed E-state index contributed by atoms with van der Waals surface area (Å²) in [7, 11) is 0. The monoisotopic (exact) mass is 536 g/mol. The van der Waals surface area contributed by atoms with Crippen LogP contribution in [0.2, 0.25) is 0 Å². The highest BCUT2D eigenvalue weighted by atomic mass is 19.1. The van der Waals surface area contributed by atoms with Gasteiger partial charge in [0.05, 0.1) is 18.1 Å². The van der Waals surface area contributed by atoms with Gasteiger partial charge in [-0.1, -0.05) is 44.5 Å². The molecule has 0 amide bonds. The normalized spacial score (nSPS) is 38.2. The summed E-state index contributed by atoms with van der Waals surface area (Å²) in [6.07, 6.45) is 4.62. The highest BCUT2D eigenvalue weighted by molar-refractivity contribution is 5.76. The lowest BCUT2D eigenvalue weighted by molar-refractivity contribution is -0.146. The molecule has 7 heteroatoms. The third kappa shape index (κ3) is 4.07. The molecule has 2 aliphatic carbocycles. The standard InChI is InChI=1S/C32H38F2N2O3/c1-20-4-3-13-31(2)18-26-27(29-32(20,31)39-29)25(30(37)38-26)19-35-14-16-36(17-15-35)28(21-5-9-23(33)10-6-21)22-7-11-24(34)12-8-22/h5-12,20,25-29H,3-4,13-19H2,1-2H3/t20-,25-,26-,27+,29+,31+,32-/m1/s1. The summed E-state index contributed by atoms with van der Waals surface area (Å²) in [6.45, 7) is 8.64. The third-order valence-corrected chi connectivity index (χ3v) is 10.8. The van der Waals surface area contributed by atoms with Crippen LogP contribution in [0.4, 0.5) is 8.78 Å². The molecule has 7 atom stereocenters. The fourth-order valence-electron chi connectivity index (χ4n) is 8.83. The molecule has 0 bridgehead atoms. The summed E-state index contributed by atoms with van der Waals surface area (Å²) < 4.78 is 40.0. The summed E-state index contributed by atoms with van der Waals surface area (Å²) in [6, 6.07) is 13.1. The van der Waals surface area contributed by atoms with Crippen molar-refractivity contribution in [2.45, 2.75) is 63.4 Å². The molecule has 0 radical (unpaired) electrons. The van der Waals surface area contributed by atoms with Gasteiger partial charge in [-0.15, -0.1) is 0 Å². The average molecular weight is 537 g/mol. The molecule has 1 spiro atoms. The van der Waals surface area contributed by atoms with E-state index in [1.165, 1.54) is 37.1 Å². The van der Waals surface area contributed by atoms with Gasteiger partial charge < -0.3 is 9.47 Å². The second-order valence-corrected chi connectivity index (χ2v) is 12.9. The highest BCUT2D eigenvalue weighted by Gasteiger charge is 2.78. The second-order valence-electron chi connectivity index (χ2n) is 12.9. The van der Waals surface area contributed by atoms with Gasteiger partial charge in [-0.3, -0.25) is 14.6 Å². The zero-order valence-electron chi connectivity index (χ0n) is 22.8. The number of ether oxygens (including phenoxy) is 2. The van der Waals surface area contributed by atoms with E-state index in [-0.39, 0.29) is 58.7 Å². The molecule has 208 valence electrons. The average Bonchev–Trinajstić information content (AvgIpc) is 3.61. The Labute approximate surface area is 229 Å². The Bertz CT molecular complexity index is 1190. The van der Waals surface area contributed by atoms with Crippen LogP contribution in [0.5, 0.6) is 0 Å². The van der Waals surface area contributed by atoms with Crippen LogP contribution in [0, 0.1) is 34.8 Å². The van der Waals surface area contributed by atoms with E-state index < -0.39 is 0 Å². The molecular formula is C32H38F2N2O3. The van der Waals surface area contributed by atoms with Gasteiger partial charge >= 0.3 is 5.97 Å². The summed E-state index contributed by atoms with van der Waals surface area (Å²) in [5, 5.41) is 0. The first kappa shape index (κ1) is 25.6. The van der Waals surface area contributed by atoms with Crippen LogP contribution in [0.1, 0.15) is 56.7 Å². The Kier molecular flexibility index (Phi) is 6.14. The predicted octanol–water partition coefficient (Wildman–Crippen LogP) is 5.20. The number of epoxide rings is 1. The molecule has 7 rings (SSSR count). The van der Waals surface area contributed by atoms with Crippen molar-refractivity contribution in [3.63, 3.8) is 0 Å². The van der Waals surface area contributed by atoms with Crippen LogP contribution >= 0.6 is 0 Å². The molecule has 0 aromatic heterocycles. The fraction of sp³-hybridized carbons (Fsp3) is 0.594. The minimum atomic E-state index is -0.268. The Morgan fingerprint density at radius 2 is 1.59 bits per heavy atom. The summed E-state index contributed by atoms with van der Waals surface area (Å²) in [4.78, 5) is 18.0. The SMILES string of the molecule is C[C@@H]1CCC[C@@]2(C)C[C@H]3OC(=O)[C@H](CN4CCN(C(c5ccc(F)cc5)c5ccc(F)cc5)CC4)[C@@H]3[C@@H]3O[C@]132. The van der Waals surface area contributed by atoms with Gasteiger partial charge in [-0.25, -0.2) is 8.78 Å². The summed E-state index contributed by atoms with van der Waals surface area (Å²) >= 11 is 0. The van der Waals surface area contributed by atoms with Gasteiger partial charge in [0.2, 0.25) is 0 Å². The zero-order chi connectivity index (χ0) is 26.9. The maximum absolute atomic E-state index is 13.7. The predicted molar refractivity (Wildman–Crippen MR) is 143 cm³/mol. The lowest BCUT2D eigenvalue weighted by Crippen LogP contribution is -2.55. The Balaban J connectivity index is 1.06. The van der Waals surface area contributed by atoms with Gasteiger partial charge in [0.25, 0.3) is 0 Å². The number of fused-ring (bicyclic) bond motifs is 2. The van der Waals surface area contributed by atoms with Crippen LogP contribution < -0.4 is 0 Å². The molecule has 0 unspecified atom stereocenters. The number of rotatable bonds is 5. The quantitative estimate of drug-likeness (QED) is 0.389. The van der Waals surface area contributed by atoms with E-state index in [9.17, 15) is 13.6 Å². The first-order chi connectivity index (χ1) is 18.8. The molecule has 3 saturated heterocycles. The van der Waals surface area contributed by atoms with Crippen LogP contribution in [0.3, 0.4) is 0 Å². The summed E-state index contributed by atoms with van der Waals surface area (Å²) in [5.41, 5.74) is 2.01. The molecule has 0 N–H and O–H groups in total. The number of piperazine rings is 1. The molecule has 2 aromatic carbocycles. The number of carbonyl (C=O) groups excluding carboxylic acids is 1. The molecule has 5 fully saturated rings. The van der Waals surface area contributed by atoms with Gasteiger partial charge in [0, 0.05) is 44.1 Å². The van der Waals surface area contributed by atoms with Crippen LogP contribution in [0.15, 0.2) is 48.5 Å². The van der Waals surface area contributed by atoms with E-state index in [0.29, 0.717) is 12.5 Å². The Morgan fingerprint density at radius 1 is 0.974 bits per heavy atom. The van der Waals surface area contributed by atoms with Crippen molar-refractivity contribution in [1.29, 1.82) is 0 Å². The topological polar surface area (TPSA) is 45.3 Å². The number of nitrogens with zero attached hydrogens (tertiary/aromatic N) is 2. The van der Waals surface area contributed by atoms with Crippen molar-refractivity contribution in [1.82, 2.24) is 9.80 Å². The maximum atomic E-state index is 13.7. The molecule has 2 saturated carbocycles. The van der Waals surface area contributed by atoms with E-state index in [4.69, 9.17) is 9.47 Å². The van der Waals surface area contributed by atoms with Crippen molar-refractivity contribution < 1.29 is 23.0 Å². The molecule has 3 aliphatic heterocycles. The van der Waals surface area contributed by atoms with Crippen molar-refractivity contribution in [2.75, 3.05) is 32.7 Å². The van der Waals surface area contributed by atoms with Gasteiger partial charge in [-0.2, -0.15) is 0 Å².